The molecule has 0 aliphatic rings. The van der Waals surface area contributed by atoms with Crippen LogP contribution >= 0.6 is 0 Å². The van der Waals surface area contributed by atoms with Crippen molar-refractivity contribution in [2.24, 2.45) is 0 Å². The van der Waals surface area contributed by atoms with Gasteiger partial charge < -0.3 is 15.7 Å². The van der Waals surface area contributed by atoms with Crippen molar-refractivity contribution >= 4 is 17.7 Å². The number of carboxylic acid groups (broad SMARTS) is 1. The van der Waals surface area contributed by atoms with E-state index in [1.54, 1.807) is 6.92 Å². The third-order valence-corrected chi connectivity index (χ3v) is 2.77. The number of aliphatic carboxylic acids is 1. The summed E-state index contributed by atoms with van der Waals surface area (Å²) in [7, 11) is 0. The minimum absolute atomic E-state index is 0.160. The number of hydrogen-bond acceptors (Lipinski definition) is 4. The van der Waals surface area contributed by atoms with Crippen molar-refractivity contribution in [1.82, 2.24) is 5.32 Å². The Balaban J connectivity index is 2.73. The van der Waals surface area contributed by atoms with Crippen molar-refractivity contribution in [3.8, 4) is 12.1 Å². The molecule has 2 amide bonds. The van der Waals surface area contributed by atoms with E-state index in [1.165, 1.54) is 18.2 Å². The zero-order valence-corrected chi connectivity index (χ0v) is 11.4. The first-order chi connectivity index (χ1) is 9.99. The topological polar surface area (TPSA) is 126 Å². The van der Waals surface area contributed by atoms with Crippen LogP contribution in [-0.4, -0.2) is 23.1 Å². The summed E-state index contributed by atoms with van der Waals surface area (Å²) in [6, 6.07) is 7.02. The SMILES string of the molecule is CCC(CC(=O)O)NC(=O)Nc1ccc(C#N)c(C#N)c1. The Kier molecular flexibility index (Phi) is 5.72. The molecule has 7 heteroatoms. The maximum Gasteiger partial charge on any atom is 0.319 e. The molecule has 0 fully saturated rings. The van der Waals surface area contributed by atoms with Gasteiger partial charge in [0.2, 0.25) is 0 Å². The molecule has 0 aliphatic carbocycles. The number of nitrogens with one attached hydrogen (secondary N) is 2. The van der Waals surface area contributed by atoms with Crippen molar-refractivity contribution in [3.05, 3.63) is 29.3 Å². The van der Waals surface area contributed by atoms with Gasteiger partial charge in [-0.3, -0.25) is 4.79 Å². The van der Waals surface area contributed by atoms with Gasteiger partial charge in [0.25, 0.3) is 0 Å². The second-order valence-electron chi connectivity index (χ2n) is 4.29. The molecule has 21 heavy (non-hydrogen) atoms. The number of benzene rings is 1. The van der Waals surface area contributed by atoms with Gasteiger partial charge in [0, 0.05) is 11.7 Å². The standard InChI is InChI=1S/C14H14N4O3/c1-2-11(6-13(19)20)17-14(21)18-12-4-3-9(7-15)10(5-12)8-16/h3-5,11H,2,6H2,1H3,(H,19,20)(H2,17,18,21). The Hall–Kier alpha value is -3.06. The highest BCUT2D eigenvalue weighted by Crippen LogP contribution is 2.14. The van der Waals surface area contributed by atoms with Crippen LogP contribution in [0.2, 0.25) is 0 Å². The van der Waals surface area contributed by atoms with Crippen LogP contribution in [0.4, 0.5) is 10.5 Å². The van der Waals surface area contributed by atoms with Crippen LogP contribution in [0.15, 0.2) is 18.2 Å². The van der Waals surface area contributed by atoms with Crippen LogP contribution in [0.1, 0.15) is 30.9 Å². The Morgan fingerprint density at radius 3 is 2.48 bits per heavy atom. The Bertz CT molecular complexity index is 628. The van der Waals surface area contributed by atoms with Crippen molar-refractivity contribution in [1.29, 1.82) is 10.5 Å². The van der Waals surface area contributed by atoms with E-state index < -0.39 is 18.0 Å². The first-order valence-electron chi connectivity index (χ1n) is 6.23. The fourth-order valence-corrected chi connectivity index (χ4v) is 1.67. The molecule has 1 aromatic rings. The van der Waals surface area contributed by atoms with E-state index in [4.69, 9.17) is 15.6 Å². The van der Waals surface area contributed by atoms with Gasteiger partial charge in [-0.1, -0.05) is 6.92 Å². The number of carboxylic acids is 1. The van der Waals surface area contributed by atoms with E-state index >= 15 is 0 Å². The monoisotopic (exact) mass is 286 g/mol. The maximum atomic E-state index is 11.8. The van der Waals surface area contributed by atoms with Gasteiger partial charge in [0.1, 0.15) is 12.1 Å². The Morgan fingerprint density at radius 2 is 1.95 bits per heavy atom. The van der Waals surface area contributed by atoms with E-state index in [9.17, 15) is 9.59 Å². The number of urea groups is 1. The highest BCUT2D eigenvalue weighted by Gasteiger charge is 2.14. The van der Waals surface area contributed by atoms with Crippen molar-refractivity contribution < 1.29 is 14.7 Å². The van der Waals surface area contributed by atoms with Crippen LogP contribution in [-0.2, 0) is 4.79 Å². The predicted octanol–water partition coefficient (Wildman–Crippen LogP) is 1.80. The van der Waals surface area contributed by atoms with E-state index in [0.29, 0.717) is 12.1 Å². The van der Waals surface area contributed by atoms with E-state index in [1.807, 2.05) is 12.1 Å². The molecule has 0 heterocycles. The van der Waals surface area contributed by atoms with Crippen molar-refractivity contribution in [2.75, 3.05) is 5.32 Å². The first-order valence-corrected chi connectivity index (χ1v) is 6.23. The van der Waals surface area contributed by atoms with Gasteiger partial charge in [0.15, 0.2) is 0 Å². The quantitative estimate of drug-likeness (QED) is 0.760. The molecule has 0 aliphatic heterocycles. The molecule has 0 saturated carbocycles. The summed E-state index contributed by atoms with van der Waals surface area (Å²) in [5.74, 6) is -0.993. The molecule has 108 valence electrons. The molecule has 1 atom stereocenters. The molecular weight excluding hydrogens is 272 g/mol. The summed E-state index contributed by atoms with van der Waals surface area (Å²) in [6.45, 7) is 1.77. The molecule has 0 aromatic heterocycles. The fourth-order valence-electron chi connectivity index (χ4n) is 1.67. The van der Waals surface area contributed by atoms with E-state index in [-0.39, 0.29) is 17.5 Å². The van der Waals surface area contributed by atoms with Gasteiger partial charge in [-0.25, -0.2) is 4.79 Å². The molecule has 0 radical (unpaired) electrons. The summed E-state index contributed by atoms with van der Waals surface area (Å²) in [4.78, 5) is 22.4. The van der Waals surface area contributed by atoms with Crippen molar-refractivity contribution in [3.63, 3.8) is 0 Å². The van der Waals surface area contributed by atoms with Crippen LogP contribution in [0.5, 0.6) is 0 Å². The Morgan fingerprint density at radius 1 is 1.29 bits per heavy atom. The summed E-state index contributed by atoms with van der Waals surface area (Å²) in [5, 5.41) is 31.4. The number of amides is 2. The molecule has 0 bridgehead atoms. The molecular formula is C14H14N4O3. The summed E-state index contributed by atoms with van der Waals surface area (Å²) >= 11 is 0. The highest BCUT2D eigenvalue weighted by molar-refractivity contribution is 5.90. The van der Waals surface area contributed by atoms with Crippen LogP contribution in [0, 0.1) is 22.7 Å². The summed E-state index contributed by atoms with van der Waals surface area (Å²) < 4.78 is 0. The van der Waals surface area contributed by atoms with Gasteiger partial charge >= 0.3 is 12.0 Å². The van der Waals surface area contributed by atoms with Crippen LogP contribution < -0.4 is 10.6 Å². The van der Waals surface area contributed by atoms with Gasteiger partial charge in [-0.05, 0) is 24.6 Å². The molecule has 1 rings (SSSR count). The number of carbonyl (C=O) groups excluding carboxylic acids is 1. The largest absolute Gasteiger partial charge is 0.481 e. The molecule has 7 nitrogen and oxygen atoms in total. The molecule has 3 N–H and O–H groups in total. The molecule has 1 unspecified atom stereocenters. The van der Waals surface area contributed by atoms with Crippen LogP contribution in [0.25, 0.3) is 0 Å². The number of carbonyl (C=O) groups is 2. The lowest BCUT2D eigenvalue weighted by molar-refractivity contribution is -0.137. The first kappa shape index (κ1) is 16.0. The van der Waals surface area contributed by atoms with E-state index in [0.717, 1.165) is 0 Å². The maximum absolute atomic E-state index is 11.8. The van der Waals surface area contributed by atoms with Crippen molar-refractivity contribution in [2.45, 2.75) is 25.8 Å². The zero-order chi connectivity index (χ0) is 15.8. The Labute approximate surface area is 121 Å². The minimum Gasteiger partial charge on any atom is -0.481 e. The average molecular weight is 286 g/mol. The van der Waals surface area contributed by atoms with E-state index in [2.05, 4.69) is 10.6 Å². The zero-order valence-electron chi connectivity index (χ0n) is 11.4. The third-order valence-electron chi connectivity index (χ3n) is 2.77. The van der Waals surface area contributed by atoms with Gasteiger partial charge in [-0.15, -0.1) is 0 Å². The predicted molar refractivity (Wildman–Crippen MR) is 74.4 cm³/mol. The van der Waals surface area contributed by atoms with Crippen LogP contribution in [0.3, 0.4) is 0 Å². The molecule has 0 spiro atoms. The highest BCUT2D eigenvalue weighted by atomic mass is 16.4. The average Bonchev–Trinajstić information content (AvgIpc) is 2.45. The lowest BCUT2D eigenvalue weighted by Crippen LogP contribution is -2.38. The summed E-state index contributed by atoms with van der Waals surface area (Å²) in [6.07, 6.45) is 0.317. The second kappa shape index (κ2) is 7.51. The summed E-state index contributed by atoms with van der Waals surface area (Å²) in [5.41, 5.74) is 0.738. The number of rotatable bonds is 5. The number of anilines is 1. The molecule has 1 aromatic carbocycles. The number of nitriles is 2. The van der Waals surface area contributed by atoms with Gasteiger partial charge in [-0.2, -0.15) is 10.5 Å². The fraction of sp³-hybridized carbons (Fsp3) is 0.286. The lowest BCUT2D eigenvalue weighted by Gasteiger charge is -2.15. The normalized spacial score (nSPS) is 10.8. The lowest BCUT2D eigenvalue weighted by atomic mass is 10.1. The molecule has 0 saturated heterocycles. The number of hydrogen-bond donors (Lipinski definition) is 3. The number of nitrogens with zero attached hydrogens (tertiary/aromatic N) is 2. The smallest absolute Gasteiger partial charge is 0.319 e. The van der Waals surface area contributed by atoms with Gasteiger partial charge in [0.05, 0.1) is 17.5 Å². The minimum atomic E-state index is -0.993. The second-order valence-corrected chi connectivity index (χ2v) is 4.29. The third kappa shape index (κ3) is 4.84.